The molecule has 8 aromatic rings. The largest absolute Gasteiger partial charge is 0.392 e. The van der Waals surface area contributed by atoms with E-state index in [0.717, 1.165) is 88.3 Å². The van der Waals surface area contributed by atoms with Crippen LogP contribution in [-0.2, 0) is 49.6 Å². The number of likely N-dealkylation sites (tertiary alicyclic amines) is 4. The van der Waals surface area contributed by atoms with Gasteiger partial charge in [0.25, 0.3) is 0 Å². The Morgan fingerprint density at radius 2 is 0.664 bits per heavy atom. The minimum Gasteiger partial charge on any atom is -0.392 e. The second-order valence-corrected chi connectivity index (χ2v) is 43.4. The molecule has 143 heavy (non-hydrogen) atoms. The number of carbonyl (C=O) groups excluding carboxylic acids is 9. The number of carbonyl (C=O) groups is 9. The highest BCUT2D eigenvalue weighted by Crippen LogP contribution is 2.38. The van der Waals surface area contributed by atoms with Crippen molar-refractivity contribution >= 4 is 98.5 Å². The van der Waals surface area contributed by atoms with E-state index in [1.807, 2.05) is 294 Å². The highest BCUT2D eigenvalue weighted by Gasteiger charge is 2.48. The van der Waals surface area contributed by atoms with Crippen LogP contribution < -0.4 is 37.2 Å². The van der Waals surface area contributed by atoms with Crippen LogP contribution in [0.15, 0.2) is 113 Å². The third-order valence-electron chi connectivity index (χ3n) is 25.3. The molecule has 4 fully saturated rings. The molecule has 11 N–H and O–H groups in total. The number of benzene rings is 4. The van der Waals surface area contributed by atoms with Gasteiger partial charge in [0, 0.05) is 77.8 Å². The molecule has 0 radical (unpaired) electrons. The van der Waals surface area contributed by atoms with Crippen molar-refractivity contribution in [3.05, 3.63) is 164 Å². The number of thiazole rings is 4. The molecule has 4 aromatic heterocycles. The quantitative estimate of drug-likeness (QED) is 0.0253. The number of amides is 9. The zero-order chi connectivity index (χ0) is 108. The van der Waals surface area contributed by atoms with Gasteiger partial charge in [-0.1, -0.05) is 259 Å². The smallest absolute Gasteiger partial charge is 0.246 e. The van der Waals surface area contributed by atoms with Crippen molar-refractivity contribution in [1.29, 1.82) is 0 Å². The van der Waals surface area contributed by atoms with Gasteiger partial charge >= 0.3 is 0 Å². The molecule has 9 amide bonds. The minimum absolute atomic E-state index is 0. The number of aryl methyl sites for hydroxylation is 5. The molecule has 4 aromatic carbocycles. The van der Waals surface area contributed by atoms with Gasteiger partial charge in [-0.15, -0.1) is 45.3 Å². The van der Waals surface area contributed by atoms with Crippen LogP contribution in [0.4, 0.5) is 0 Å². The number of likely N-dealkylation sites (N-methyl/N-ethyl adjacent to an activating group) is 1. The topological polar surface area (TPSA) is 383 Å². The van der Waals surface area contributed by atoms with E-state index in [4.69, 9.17) is 0 Å². The predicted molar refractivity (Wildman–Crippen MR) is 588 cm³/mol. The first-order valence-corrected chi connectivity index (χ1v) is 54.2. The van der Waals surface area contributed by atoms with E-state index in [-0.39, 0.29) is 152 Å². The van der Waals surface area contributed by atoms with E-state index in [1.165, 1.54) is 34.1 Å². The summed E-state index contributed by atoms with van der Waals surface area (Å²) in [4.78, 5) is 144. The summed E-state index contributed by atoms with van der Waals surface area (Å²) < 4.78 is 0. The van der Waals surface area contributed by atoms with Gasteiger partial charge in [-0.05, 0) is 153 Å². The number of aliphatic hydroxyl groups is 4. The predicted octanol–water partition coefficient (Wildman–Crippen LogP) is 19.3. The molecule has 4 aliphatic rings. The first kappa shape index (κ1) is 128. The monoisotopic (exact) mass is 2050 g/mol. The summed E-state index contributed by atoms with van der Waals surface area (Å²) in [6, 6.07) is 25.7. The number of nitrogens with zero attached hydrogens (tertiary/aromatic N) is 8. The molecule has 12 rings (SSSR count). The van der Waals surface area contributed by atoms with Crippen LogP contribution in [0.5, 0.6) is 0 Å². The van der Waals surface area contributed by atoms with Crippen molar-refractivity contribution in [2.24, 2.45) is 27.6 Å². The average molecular weight is 2060 g/mol. The van der Waals surface area contributed by atoms with Crippen LogP contribution in [0.1, 0.15) is 316 Å². The Morgan fingerprint density at radius 3 is 0.951 bits per heavy atom. The third-order valence-corrected chi connectivity index (χ3v) is 29.2. The SMILES string of the molecule is C.CC.CC.CC.CC.CC.CC(=O)N[C@H](C(=O)N1C[C@H](O)CC1C(=O)N[C@@H](C)c1ccc(-c2scnc2C)cc1)C(C)(C)C.CCc1cc(-c2scnc2C)ccc1[C@H](C)NC(=O)C1C[C@@H](O)CN1C[C@@H](NC(C)=O)C(C)(C)C.CN[C@H](C(=O)N1C[C@H](O)CC1C(=O)N[C@@H](C)c1ccc(-c2scnc2C)cc1)C(C)(C)C.Cc1ncsc1-c1ccc([C@H](C)NC(=O)C2C[C@@H](O)CN2C(=O)[C@@H](C)C(C)(C)C)cc1. The van der Waals surface area contributed by atoms with Crippen LogP contribution in [0.3, 0.4) is 0 Å². The van der Waals surface area contributed by atoms with Gasteiger partial charge in [0.1, 0.15) is 24.2 Å². The summed E-state index contributed by atoms with van der Waals surface area (Å²) in [5, 5.41) is 62.1. The van der Waals surface area contributed by atoms with E-state index < -0.39 is 66.1 Å². The molecule has 0 saturated carbocycles. The fourth-order valence-corrected chi connectivity index (χ4v) is 20.4. The lowest BCUT2D eigenvalue weighted by Gasteiger charge is -2.36. The molecular weight excluding hydrogens is 1880 g/mol. The van der Waals surface area contributed by atoms with Crippen molar-refractivity contribution in [2.75, 3.05) is 39.8 Å². The van der Waals surface area contributed by atoms with Crippen LogP contribution >= 0.6 is 45.3 Å². The average Bonchev–Trinajstić information content (AvgIpc) is 1.65. The van der Waals surface area contributed by atoms with E-state index >= 15 is 0 Å². The van der Waals surface area contributed by atoms with Crippen LogP contribution in [0, 0.1) is 55.3 Å². The molecule has 0 spiro atoms. The number of nitrogens with one attached hydrogen (secondary N) is 7. The highest BCUT2D eigenvalue weighted by molar-refractivity contribution is 7.14. The summed E-state index contributed by atoms with van der Waals surface area (Å²) in [6.45, 7) is 67.7. The lowest BCUT2D eigenvalue weighted by molar-refractivity contribution is -0.144. The molecule has 0 bridgehead atoms. The molecule has 4 unspecified atom stereocenters. The third kappa shape index (κ3) is 36.2. The van der Waals surface area contributed by atoms with E-state index in [9.17, 15) is 63.6 Å². The lowest BCUT2D eigenvalue weighted by Crippen LogP contribution is -2.57. The van der Waals surface area contributed by atoms with Crippen LogP contribution in [-0.4, -0.2) is 220 Å². The first-order valence-electron chi connectivity index (χ1n) is 50.6. The van der Waals surface area contributed by atoms with Crippen molar-refractivity contribution < 1.29 is 63.6 Å². The molecule has 28 nitrogen and oxygen atoms in total. The second-order valence-electron chi connectivity index (χ2n) is 40.0. The van der Waals surface area contributed by atoms with Gasteiger partial charge in [0.2, 0.25) is 53.2 Å². The molecule has 32 heteroatoms. The number of β-amino-alcohol motifs (C(OH)–C–C–N with tert-alkyl or cyclic N) is 4. The summed E-state index contributed by atoms with van der Waals surface area (Å²) in [5.41, 5.74) is 19.7. The van der Waals surface area contributed by atoms with Gasteiger partial charge in [-0.25, -0.2) is 19.9 Å². The number of hydrogen-bond acceptors (Lipinski definition) is 23. The summed E-state index contributed by atoms with van der Waals surface area (Å²) in [7, 11) is 1.74. The zero-order valence-corrected chi connectivity index (χ0v) is 94.7. The Balaban J connectivity index is 0.000000475. The Kier molecular flexibility index (Phi) is 52.9. The maximum Gasteiger partial charge on any atom is 0.246 e. The van der Waals surface area contributed by atoms with E-state index in [2.05, 4.69) is 103 Å². The van der Waals surface area contributed by atoms with Crippen molar-refractivity contribution in [3.63, 3.8) is 0 Å². The highest BCUT2D eigenvalue weighted by atomic mass is 32.1. The fraction of sp³-hybridized carbons (Fsp3) is 0.595. The summed E-state index contributed by atoms with van der Waals surface area (Å²) >= 11 is 6.44. The molecule has 4 saturated heterocycles. The van der Waals surface area contributed by atoms with Crippen molar-refractivity contribution in [3.8, 4) is 41.8 Å². The van der Waals surface area contributed by atoms with Crippen molar-refractivity contribution in [1.82, 2.24) is 76.8 Å². The molecule has 8 heterocycles. The molecule has 4 aliphatic heterocycles. The van der Waals surface area contributed by atoms with Crippen molar-refractivity contribution in [2.45, 2.75) is 366 Å². The Labute approximate surface area is 871 Å². The molecule has 796 valence electrons. The maximum absolute atomic E-state index is 13.4. The number of hydrogen-bond donors (Lipinski definition) is 11. The molecular formula is C111H175N15O13S4. The van der Waals surface area contributed by atoms with Gasteiger partial charge in [0.15, 0.2) is 0 Å². The van der Waals surface area contributed by atoms with Gasteiger partial charge in [-0.2, -0.15) is 0 Å². The minimum atomic E-state index is -0.803. The maximum atomic E-state index is 13.4. The van der Waals surface area contributed by atoms with E-state index in [1.54, 1.807) is 57.3 Å². The standard InChI is InChI=1S/C27H40N4O3S.C25H34N4O4S.C24H34N4O3S.C24H33N3O3S.5C2H6.CH4/c1-8-19-11-20(25-17(3)28-15-35-25)9-10-22(19)16(2)29-26(34)23-12-21(33)13-31(23)14-24(27(5,6)7)30-18(4)32;1-14(17-7-9-18(10-8-17)21-15(2)26-13-34-21)27-23(32)20-11-19(31)12-29(20)24(33)22(25(4,5)6)28-16(3)30;1-14(16-7-9-17(10-8-16)20-15(2)26-13-32-20)27-22(30)19-11-18(29)12-28(19)23(31)21(25-6)24(3,4)5;1-14(24(4,5)6)23(30)27-12-19(28)11-20(27)22(29)26-15(2)17-7-9-18(10-8-17)21-16(3)25-13-31-21;5*1-2;/h9-11,15-16,21,23-24,33H,8,12-14H2,1-7H3,(H,29,34)(H,30,32);7-10,13-14,19-20,22,31H,11-12H2,1-6H3,(H,27,32)(H,28,30);7-10,13-14,18-19,21,25,29H,11-12H2,1-6H3,(H,27,30);7-10,13-15,19-20,28H,11-12H2,1-6H3,(H,26,29);5*1-2H3;1H4/t16-,21+,23?,24+;14-,19+,20?,22+;14-,18+,19?,21+;14-,15+,19-,20?;;;;;;/m0001....../s1. The Bertz CT molecular complexity index is 5260. The number of rotatable bonds is 25. The first-order chi connectivity index (χ1) is 66.8. The summed E-state index contributed by atoms with van der Waals surface area (Å²) in [5.74, 6) is -2.14. The molecule has 16 atom stereocenters. The van der Waals surface area contributed by atoms with Gasteiger partial charge in [-0.3, -0.25) is 48.1 Å². The fourth-order valence-electron chi connectivity index (χ4n) is 17.1. The zero-order valence-electron chi connectivity index (χ0n) is 91.5. The Morgan fingerprint density at radius 1 is 0.378 bits per heavy atom. The van der Waals surface area contributed by atoms with Crippen LogP contribution in [0.2, 0.25) is 0 Å². The number of aliphatic hydroxyl groups excluding tert-OH is 4. The normalized spacial score (nSPS) is 19.2. The van der Waals surface area contributed by atoms with Gasteiger partial charge < -0.3 is 72.3 Å². The van der Waals surface area contributed by atoms with E-state index in [0.29, 0.717) is 19.5 Å². The summed E-state index contributed by atoms with van der Waals surface area (Å²) in [6.07, 6.45) is -0.820. The molecule has 0 aliphatic carbocycles. The number of aromatic nitrogens is 4. The van der Waals surface area contributed by atoms with Crippen LogP contribution in [0.25, 0.3) is 41.8 Å². The second kappa shape index (κ2) is 59.3. The lowest BCUT2D eigenvalue weighted by atomic mass is 9.81. The van der Waals surface area contributed by atoms with Gasteiger partial charge in [0.05, 0.1) is 125 Å². The Hall–Kier alpha value is -9.61.